The Balaban J connectivity index is 1.53. The third-order valence-corrected chi connectivity index (χ3v) is 3.39. The average Bonchev–Trinajstić information content (AvgIpc) is 3.34. The predicted octanol–water partition coefficient (Wildman–Crippen LogP) is 2.24. The number of aromatic nitrogens is 2. The van der Waals surface area contributed by atoms with Crippen molar-refractivity contribution in [2.24, 2.45) is 0 Å². The molecule has 1 aromatic carbocycles. The fourth-order valence-electron chi connectivity index (χ4n) is 2.03. The number of carbonyl (C=O) groups is 1. The smallest absolute Gasteiger partial charge is 0.229 e. The quantitative estimate of drug-likeness (QED) is 0.855. The van der Waals surface area contributed by atoms with E-state index < -0.39 is 0 Å². The molecule has 114 valence electrons. The first kappa shape index (κ1) is 14.3. The van der Waals surface area contributed by atoms with Crippen LogP contribution in [-0.4, -0.2) is 29.3 Å². The molecule has 1 aliphatic carbocycles. The molecule has 0 unspecified atom stereocenters. The zero-order valence-corrected chi connectivity index (χ0v) is 12.4. The van der Waals surface area contributed by atoms with Crippen LogP contribution >= 0.6 is 0 Å². The summed E-state index contributed by atoms with van der Waals surface area (Å²) in [5.41, 5.74) is 0.915. The fourth-order valence-corrected chi connectivity index (χ4v) is 2.03. The van der Waals surface area contributed by atoms with E-state index in [1.807, 2.05) is 30.3 Å². The summed E-state index contributed by atoms with van der Waals surface area (Å²) in [7, 11) is 1.61. The molecule has 0 atom stereocenters. The number of amides is 1. The second-order valence-corrected chi connectivity index (χ2v) is 5.30. The zero-order valence-electron chi connectivity index (χ0n) is 12.4. The predicted molar refractivity (Wildman–Crippen MR) is 84.0 cm³/mol. The van der Waals surface area contributed by atoms with Crippen molar-refractivity contribution in [3.05, 3.63) is 42.0 Å². The van der Waals surface area contributed by atoms with E-state index in [2.05, 4.69) is 20.8 Å². The van der Waals surface area contributed by atoms with Gasteiger partial charge in [0.25, 0.3) is 0 Å². The molecule has 1 aliphatic rings. The highest BCUT2D eigenvalue weighted by Crippen LogP contribution is 2.23. The van der Waals surface area contributed by atoms with Gasteiger partial charge in [0.2, 0.25) is 5.91 Å². The Kier molecular flexibility index (Phi) is 4.18. The highest BCUT2D eigenvalue weighted by atomic mass is 16.5. The first-order valence-electron chi connectivity index (χ1n) is 7.26. The number of ether oxygens (including phenoxy) is 1. The van der Waals surface area contributed by atoms with Gasteiger partial charge >= 0.3 is 0 Å². The highest BCUT2D eigenvalue weighted by molar-refractivity contribution is 5.91. The number of carbonyl (C=O) groups excluding carboxylic acids is 1. The molecule has 1 saturated carbocycles. The summed E-state index contributed by atoms with van der Waals surface area (Å²) < 4.78 is 5.09. The van der Waals surface area contributed by atoms with Gasteiger partial charge in [0.05, 0.1) is 13.5 Å². The number of methoxy groups -OCH3 is 1. The molecule has 1 aromatic heterocycles. The SMILES string of the molecule is COc1ccc(CC(=O)Nc2ccc(NC3CC3)nn2)cc1. The van der Waals surface area contributed by atoms with Gasteiger partial charge in [0.1, 0.15) is 11.6 Å². The highest BCUT2D eigenvalue weighted by Gasteiger charge is 2.21. The molecule has 6 nitrogen and oxygen atoms in total. The zero-order chi connectivity index (χ0) is 15.4. The van der Waals surface area contributed by atoms with Crippen LogP contribution in [0.3, 0.4) is 0 Å². The lowest BCUT2D eigenvalue weighted by Gasteiger charge is -2.06. The lowest BCUT2D eigenvalue weighted by Crippen LogP contribution is -2.16. The molecule has 0 bridgehead atoms. The molecule has 3 rings (SSSR count). The van der Waals surface area contributed by atoms with Crippen LogP contribution in [0.5, 0.6) is 5.75 Å². The molecular formula is C16H18N4O2. The number of hydrogen-bond acceptors (Lipinski definition) is 5. The molecular weight excluding hydrogens is 280 g/mol. The van der Waals surface area contributed by atoms with Crippen LogP contribution in [0.25, 0.3) is 0 Å². The van der Waals surface area contributed by atoms with E-state index in [-0.39, 0.29) is 12.3 Å². The van der Waals surface area contributed by atoms with Crippen LogP contribution < -0.4 is 15.4 Å². The van der Waals surface area contributed by atoms with Crippen LogP contribution in [-0.2, 0) is 11.2 Å². The van der Waals surface area contributed by atoms with Crippen molar-refractivity contribution in [2.45, 2.75) is 25.3 Å². The molecule has 6 heteroatoms. The molecule has 0 spiro atoms. The summed E-state index contributed by atoms with van der Waals surface area (Å²) in [6.07, 6.45) is 2.65. The fraction of sp³-hybridized carbons (Fsp3) is 0.312. The minimum atomic E-state index is -0.123. The van der Waals surface area contributed by atoms with Gasteiger partial charge in [-0.05, 0) is 42.7 Å². The summed E-state index contributed by atoms with van der Waals surface area (Å²) >= 11 is 0. The summed E-state index contributed by atoms with van der Waals surface area (Å²) in [4.78, 5) is 12.0. The van der Waals surface area contributed by atoms with Gasteiger partial charge < -0.3 is 15.4 Å². The molecule has 0 radical (unpaired) electrons. The molecule has 0 aliphatic heterocycles. The molecule has 2 aromatic rings. The van der Waals surface area contributed by atoms with E-state index in [0.29, 0.717) is 11.9 Å². The Morgan fingerprint density at radius 2 is 1.82 bits per heavy atom. The second-order valence-electron chi connectivity index (χ2n) is 5.30. The van der Waals surface area contributed by atoms with E-state index in [0.717, 1.165) is 17.1 Å². The van der Waals surface area contributed by atoms with Crippen LogP contribution in [0.2, 0.25) is 0 Å². The number of anilines is 2. The molecule has 1 fully saturated rings. The monoisotopic (exact) mass is 298 g/mol. The Labute approximate surface area is 128 Å². The summed E-state index contributed by atoms with van der Waals surface area (Å²) in [5.74, 6) is 1.85. The Morgan fingerprint density at radius 1 is 1.14 bits per heavy atom. The van der Waals surface area contributed by atoms with Crippen molar-refractivity contribution >= 4 is 17.5 Å². The van der Waals surface area contributed by atoms with Crippen LogP contribution in [0.4, 0.5) is 11.6 Å². The Hall–Kier alpha value is -2.63. The number of nitrogens with zero attached hydrogens (tertiary/aromatic N) is 2. The Bertz CT molecular complexity index is 636. The van der Waals surface area contributed by atoms with Crippen molar-refractivity contribution in [3.8, 4) is 5.75 Å². The van der Waals surface area contributed by atoms with Crippen LogP contribution in [0.1, 0.15) is 18.4 Å². The van der Waals surface area contributed by atoms with Gasteiger partial charge in [0, 0.05) is 6.04 Å². The summed E-state index contributed by atoms with van der Waals surface area (Å²) in [6, 6.07) is 11.5. The second kappa shape index (κ2) is 6.43. The Morgan fingerprint density at radius 3 is 2.41 bits per heavy atom. The average molecular weight is 298 g/mol. The standard InChI is InChI=1S/C16H18N4O2/c1-22-13-6-2-11(3-7-13)10-16(21)18-15-9-8-14(19-20-15)17-12-4-5-12/h2-3,6-9,12H,4-5,10H2,1H3,(H,17,19)(H,18,20,21). The van der Waals surface area contributed by atoms with Gasteiger partial charge in [-0.25, -0.2) is 0 Å². The molecule has 1 amide bonds. The maximum absolute atomic E-state index is 12.0. The largest absolute Gasteiger partial charge is 0.497 e. The summed E-state index contributed by atoms with van der Waals surface area (Å²) in [5, 5.41) is 14.0. The maximum atomic E-state index is 12.0. The van der Waals surface area contributed by atoms with Crippen molar-refractivity contribution in [1.29, 1.82) is 0 Å². The first-order valence-corrected chi connectivity index (χ1v) is 7.26. The van der Waals surface area contributed by atoms with E-state index in [9.17, 15) is 4.79 Å². The van der Waals surface area contributed by atoms with Crippen LogP contribution in [0, 0.1) is 0 Å². The molecule has 1 heterocycles. The number of benzene rings is 1. The molecule has 2 N–H and O–H groups in total. The topological polar surface area (TPSA) is 76.1 Å². The maximum Gasteiger partial charge on any atom is 0.229 e. The van der Waals surface area contributed by atoms with Gasteiger partial charge in [-0.1, -0.05) is 12.1 Å². The van der Waals surface area contributed by atoms with Gasteiger partial charge in [-0.15, -0.1) is 10.2 Å². The normalized spacial score (nSPS) is 13.5. The van der Waals surface area contributed by atoms with Gasteiger partial charge in [0.15, 0.2) is 5.82 Å². The minimum Gasteiger partial charge on any atom is -0.497 e. The number of nitrogens with one attached hydrogen (secondary N) is 2. The molecule has 0 saturated heterocycles. The number of hydrogen-bond donors (Lipinski definition) is 2. The lowest BCUT2D eigenvalue weighted by atomic mass is 10.1. The van der Waals surface area contributed by atoms with E-state index in [4.69, 9.17) is 4.74 Å². The molecule has 22 heavy (non-hydrogen) atoms. The van der Waals surface area contributed by atoms with Crippen LogP contribution in [0.15, 0.2) is 36.4 Å². The lowest BCUT2D eigenvalue weighted by molar-refractivity contribution is -0.115. The van der Waals surface area contributed by atoms with Gasteiger partial charge in [-0.2, -0.15) is 0 Å². The third kappa shape index (κ3) is 3.94. The van der Waals surface area contributed by atoms with Crippen molar-refractivity contribution in [1.82, 2.24) is 10.2 Å². The van der Waals surface area contributed by atoms with Gasteiger partial charge in [-0.3, -0.25) is 4.79 Å². The van der Waals surface area contributed by atoms with Crippen molar-refractivity contribution in [3.63, 3.8) is 0 Å². The summed E-state index contributed by atoms with van der Waals surface area (Å²) in [6.45, 7) is 0. The van der Waals surface area contributed by atoms with Crippen molar-refractivity contribution < 1.29 is 9.53 Å². The van der Waals surface area contributed by atoms with E-state index in [1.54, 1.807) is 13.2 Å². The first-order chi connectivity index (χ1) is 10.7. The number of rotatable bonds is 6. The van der Waals surface area contributed by atoms with E-state index >= 15 is 0 Å². The third-order valence-electron chi connectivity index (χ3n) is 3.39. The van der Waals surface area contributed by atoms with Crippen molar-refractivity contribution in [2.75, 3.05) is 17.7 Å². The van der Waals surface area contributed by atoms with E-state index in [1.165, 1.54) is 12.8 Å². The minimum absolute atomic E-state index is 0.123.